The zero-order valence-electron chi connectivity index (χ0n) is 11.3. The van der Waals surface area contributed by atoms with Gasteiger partial charge in [0.2, 0.25) is 0 Å². The van der Waals surface area contributed by atoms with E-state index in [1.165, 1.54) is 15.6 Å². The van der Waals surface area contributed by atoms with Gasteiger partial charge in [0.25, 0.3) is 0 Å². The van der Waals surface area contributed by atoms with Crippen LogP contribution < -0.4 is 5.73 Å². The van der Waals surface area contributed by atoms with E-state index in [2.05, 4.69) is 35.7 Å². The molecule has 0 amide bonds. The van der Waals surface area contributed by atoms with E-state index in [9.17, 15) is 0 Å². The van der Waals surface area contributed by atoms with Crippen LogP contribution in [0.15, 0.2) is 47.8 Å². The lowest BCUT2D eigenvalue weighted by Crippen LogP contribution is -2.13. The van der Waals surface area contributed by atoms with Gasteiger partial charge < -0.3 is 5.73 Å². The van der Waals surface area contributed by atoms with Crippen LogP contribution in [-0.4, -0.2) is 0 Å². The zero-order chi connectivity index (χ0) is 14.1. The first-order valence-corrected chi connectivity index (χ1v) is 7.87. The molecule has 20 heavy (non-hydrogen) atoms. The summed E-state index contributed by atoms with van der Waals surface area (Å²) in [6.45, 7) is 2.00. The maximum Gasteiger partial charge on any atom is 0.0438 e. The smallest absolute Gasteiger partial charge is 0.0438 e. The summed E-state index contributed by atoms with van der Waals surface area (Å²) < 4.78 is 1.32. The number of benzene rings is 2. The highest BCUT2D eigenvalue weighted by Gasteiger charge is 2.11. The molecule has 0 radical (unpaired) electrons. The predicted molar refractivity (Wildman–Crippen MR) is 88.6 cm³/mol. The molecule has 2 N–H and O–H groups in total. The molecule has 3 heteroatoms. The summed E-state index contributed by atoms with van der Waals surface area (Å²) in [7, 11) is 0. The fraction of sp³-hybridized carbons (Fsp3) is 0.176. The third kappa shape index (κ3) is 2.59. The first kappa shape index (κ1) is 13.6. The van der Waals surface area contributed by atoms with Crippen molar-refractivity contribution in [1.82, 2.24) is 0 Å². The van der Waals surface area contributed by atoms with Crippen LogP contribution in [0.25, 0.3) is 10.1 Å². The molecule has 0 bridgehead atoms. The Labute approximate surface area is 128 Å². The fourth-order valence-electron chi connectivity index (χ4n) is 2.39. The van der Waals surface area contributed by atoms with Crippen LogP contribution in [0.1, 0.15) is 22.7 Å². The first-order chi connectivity index (χ1) is 9.65. The van der Waals surface area contributed by atoms with Crippen molar-refractivity contribution >= 4 is 33.0 Å². The van der Waals surface area contributed by atoms with Crippen LogP contribution in [0.4, 0.5) is 0 Å². The van der Waals surface area contributed by atoms with Crippen molar-refractivity contribution in [2.75, 3.05) is 0 Å². The molecular weight excluding hydrogens is 286 g/mol. The van der Waals surface area contributed by atoms with Crippen LogP contribution in [0.5, 0.6) is 0 Å². The van der Waals surface area contributed by atoms with Gasteiger partial charge in [-0.1, -0.05) is 41.9 Å². The lowest BCUT2D eigenvalue weighted by molar-refractivity contribution is 0.726. The molecule has 0 fully saturated rings. The summed E-state index contributed by atoms with van der Waals surface area (Å²) in [4.78, 5) is 0. The number of thiophene rings is 1. The van der Waals surface area contributed by atoms with Crippen molar-refractivity contribution in [3.63, 3.8) is 0 Å². The van der Waals surface area contributed by atoms with E-state index in [-0.39, 0.29) is 6.04 Å². The molecule has 1 unspecified atom stereocenters. The largest absolute Gasteiger partial charge is 0.324 e. The van der Waals surface area contributed by atoms with Crippen LogP contribution in [0.2, 0.25) is 5.02 Å². The van der Waals surface area contributed by atoms with Crippen molar-refractivity contribution < 1.29 is 0 Å². The lowest BCUT2D eigenvalue weighted by atomic mass is 9.98. The number of rotatable bonds is 3. The molecule has 1 atom stereocenters. The lowest BCUT2D eigenvalue weighted by Gasteiger charge is -2.13. The highest BCUT2D eigenvalue weighted by atomic mass is 35.5. The molecule has 2 aromatic carbocycles. The van der Waals surface area contributed by atoms with Gasteiger partial charge in [-0.15, -0.1) is 11.3 Å². The number of hydrogen-bond donors (Lipinski definition) is 1. The predicted octanol–water partition coefficient (Wildman–Crippen LogP) is 5.11. The van der Waals surface area contributed by atoms with Crippen LogP contribution in [0, 0.1) is 6.92 Å². The van der Waals surface area contributed by atoms with Gasteiger partial charge in [0, 0.05) is 15.8 Å². The van der Waals surface area contributed by atoms with Crippen LogP contribution in [0.3, 0.4) is 0 Å². The first-order valence-electron chi connectivity index (χ1n) is 6.62. The average Bonchev–Trinajstić information content (AvgIpc) is 2.85. The van der Waals surface area contributed by atoms with Crippen molar-refractivity contribution in [3.05, 3.63) is 69.6 Å². The minimum absolute atomic E-state index is 0.0221. The second kappa shape index (κ2) is 5.57. The Hall–Kier alpha value is -1.35. The fourth-order valence-corrected chi connectivity index (χ4v) is 3.55. The van der Waals surface area contributed by atoms with E-state index >= 15 is 0 Å². The highest BCUT2D eigenvalue weighted by molar-refractivity contribution is 7.17. The van der Waals surface area contributed by atoms with Gasteiger partial charge in [0.1, 0.15) is 0 Å². The number of halogens is 1. The number of aryl methyl sites for hydroxylation is 1. The Kier molecular flexibility index (Phi) is 3.79. The second-order valence-electron chi connectivity index (χ2n) is 5.08. The maximum absolute atomic E-state index is 6.34. The highest BCUT2D eigenvalue weighted by Crippen LogP contribution is 2.29. The molecule has 1 nitrogen and oxygen atoms in total. The Bertz CT molecular complexity index is 748. The van der Waals surface area contributed by atoms with E-state index in [4.69, 9.17) is 17.3 Å². The molecule has 0 aliphatic carbocycles. The minimum Gasteiger partial charge on any atom is -0.324 e. The molecule has 1 aromatic heterocycles. The van der Waals surface area contributed by atoms with E-state index in [0.717, 1.165) is 22.6 Å². The Balaban J connectivity index is 1.88. The van der Waals surface area contributed by atoms with E-state index in [1.54, 1.807) is 11.3 Å². The molecule has 0 aliphatic heterocycles. The van der Waals surface area contributed by atoms with E-state index < -0.39 is 0 Å². The molecule has 3 rings (SSSR count). The van der Waals surface area contributed by atoms with E-state index in [1.807, 2.05) is 19.1 Å². The zero-order valence-corrected chi connectivity index (χ0v) is 12.8. The summed E-state index contributed by atoms with van der Waals surface area (Å²) in [5, 5.41) is 4.31. The third-order valence-electron chi connectivity index (χ3n) is 3.63. The van der Waals surface area contributed by atoms with Crippen LogP contribution in [-0.2, 0) is 6.42 Å². The topological polar surface area (TPSA) is 26.0 Å². The van der Waals surface area contributed by atoms with Gasteiger partial charge >= 0.3 is 0 Å². The molecule has 0 saturated carbocycles. The quantitative estimate of drug-likeness (QED) is 0.715. The molecule has 1 heterocycles. The summed E-state index contributed by atoms with van der Waals surface area (Å²) >= 11 is 7.96. The van der Waals surface area contributed by atoms with Crippen molar-refractivity contribution in [2.45, 2.75) is 19.4 Å². The Morgan fingerprint density at radius 1 is 1.20 bits per heavy atom. The molecular formula is C17H16ClNS. The van der Waals surface area contributed by atoms with Gasteiger partial charge in [0.15, 0.2) is 0 Å². The van der Waals surface area contributed by atoms with Gasteiger partial charge in [0.05, 0.1) is 0 Å². The molecule has 3 aromatic rings. The normalized spacial score (nSPS) is 12.8. The number of hydrogen-bond acceptors (Lipinski definition) is 2. The monoisotopic (exact) mass is 301 g/mol. The molecule has 0 saturated heterocycles. The van der Waals surface area contributed by atoms with Gasteiger partial charge in [-0.25, -0.2) is 0 Å². The van der Waals surface area contributed by atoms with Crippen molar-refractivity contribution in [2.24, 2.45) is 5.73 Å². The molecule has 0 spiro atoms. The standard InChI is InChI=1S/C17H16ClNS/c1-11-6-7-12(8-15(11)18)16(19)9-13-10-20-17-5-3-2-4-14(13)17/h2-8,10,16H,9,19H2,1H3. The van der Waals surface area contributed by atoms with Crippen LogP contribution >= 0.6 is 22.9 Å². The van der Waals surface area contributed by atoms with Crippen molar-refractivity contribution in [3.8, 4) is 0 Å². The second-order valence-corrected chi connectivity index (χ2v) is 6.39. The molecule has 102 valence electrons. The maximum atomic E-state index is 6.34. The minimum atomic E-state index is -0.0221. The van der Waals surface area contributed by atoms with E-state index in [0.29, 0.717) is 0 Å². The number of fused-ring (bicyclic) bond motifs is 1. The molecule has 0 aliphatic rings. The summed E-state index contributed by atoms with van der Waals surface area (Å²) in [5.41, 5.74) is 9.84. The summed E-state index contributed by atoms with van der Waals surface area (Å²) in [6, 6.07) is 14.5. The van der Waals surface area contributed by atoms with Gasteiger partial charge in [-0.3, -0.25) is 0 Å². The van der Waals surface area contributed by atoms with Gasteiger partial charge in [-0.05, 0) is 52.9 Å². The SMILES string of the molecule is Cc1ccc(C(N)Cc2csc3ccccc23)cc1Cl. The van der Waals surface area contributed by atoms with Crippen molar-refractivity contribution in [1.29, 1.82) is 0 Å². The Morgan fingerprint density at radius 2 is 2.00 bits per heavy atom. The average molecular weight is 302 g/mol. The summed E-state index contributed by atoms with van der Waals surface area (Å²) in [5.74, 6) is 0. The summed E-state index contributed by atoms with van der Waals surface area (Å²) in [6.07, 6.45) is 0.837. The van der Waals surface area contributed by atoms with Gasteiger partial charge in [-0.2, -0.15) is 0 Å². The third-order valence-corrected chi connectivity index (χ3v) is 5.04. The number of nitrogens with two attached hydrogens (primary N) is 1. The Morgan fingerprint density at radius 3 is 2.80 bits per heavy atom.